The molecular weight excluding hydrogens is 453 g/mol. The molecule has 0 aliphatic heterocycles. The number of halogens is 1. The van der Waals surface area contributed by atoms with Crippen molar-refractivity contribution in [3.63, 3.8) is 0 Å². The van der Waals surface area contributed by atoms with Gasteiger partial charge < -0.3 is 10.6 Å². The van der Waals surface area contributed by atoms with Crippen LogP contribution in [0.5, 0.6) is 0 Å². The van der Waals surface area contributed by atoms with Gasteiger partial charge >= 0.3 is 0 Å². The van der Waals surface area contributed by atoms with Crippen LogP contribution < -0.4 is 10.6 Å². The van der Waals surface area contributed by atoms with Crippen LogP contribution in [0.3, 0.4) is 0 Å². The fraction of sp³-hybridized carbons (Fsp3) is 0.562. The average Bonchev–Trinajstić information content (AvgIpc) is 3.22. The molecular formula is C16H26IN5S2. The molecule has 0 saturated carbocycles. The predicted molar refractivity (Wildman–Crippen MR) is 115 cm³/mol. The summed E-state index contributed by atoms with van der Waals surface area (Å²) in [5, 5.41) is 9.03. The quantitative estimate of drug-likeness (QED) is 0.347. The molecule has 2 heterocycles. The van der Waals surface area contributed by atoms with Gasteiger partial charge in [-0.15, -0.1) is 46.7 Å². The van der Waals surface area contributed by atoms with Gasteiger partial charge in [-0.3, -0.25) is 4.99 Å². The molecule has 0 unspecified atom stereocenters. The van der Waals surface area contributed by atoms with E-state index in [1.807, 2.05) is 12.4 Å². The van der Waals surface area contributed by atoms with E-state index in [9.17, 15) is 0 Å². The van der Waals surface area contributed by atoms with Gasteiger partial charge in [-0.2, -0.15) is 0 Å². The monoisotopic (exact) mass is 479 g/mol. The van der Waals surface area contributed by atoms with E-state index in [0.29, 0.717) is 0 Å². The molecule has 0 aliphatic rings. The van der Waals surface area contributed by atoms with E-state index >= 15 is 0 Å². The van der Waals surface area contributed by atoms with Crippen molar-refractivity contribution in [2.45, 2.75) is 39.5 Å². The lowest BCUT2D eigenvalue weighted by atomic mass is 10.4. The fourth-order valence-electron chi connectivity index (χ4n) is 2.05. The van der Waals surface area contributed by atoms with Gasteiger partial charge in [0.1, 0.15) is 0 Å². The Morgan fingerprint density at radius 1 is 0.958 bits per heavy atom. The number of hydrogen-bond acceptors (Lipinski definition) is 5. The molecule has 8 heteroatoms. The minimum Gasteiger partial charge on any atom is -0.356 e. The van der Waals surface area contributed by atoms with Crippen molar-refractivity contribution in [2.24, 2.45) is 4.99 Å². The van der Waals surface area contributed by atoms with Gasteiger partial charge in [-0.25, -0.2) is 9.97 Å². The van der Waals surface area contributed by atoms with E-state index < -0.39 is 0 Å². The highest BCUT2D eigenvalue weighted by Gasteiger charge is 2.03. The SMILES string of the molecule is CCc1cnc(CCNC(=NC)NCCc2ncc(CC)s2)s1.I. The van der Waals surface area contributed by atoms with Crippen molar-refractivity contribution in [3.8, 4) is 0 Å². The van der Waals surface area contributed by atoms with Gasteiger partial charge in [0, 0.05) is 55.1 Å². The first-order valence-electron chi connectivity index (χ1n) is 8.06. The molecule has 0 amide bonds. The van der Waals surface area contributed by atoms with E-state index in [2.05, 4.69) is 39.4 Å². The highest BCUT2D eigenvalue weighted by molar-refractivity contribution is 14.0. The van der Waals surface area contributed by atoms with Gasteiger partial charge in [-0.05, 0) is 12.8 Å². The summed E-state index contributed by atoms with van der Waals surface area (Å²) in [5.41, 5.74) is 0. The third-order valence-electron chi connectivity index (χ3n) is 3.39. The Labute approximate surface area is 169 Å². The lowest BCUT2D eigenvalue weighted by Crippen LogP contribution is -2.39. The molecule has 0 atom stereocenters. The van der Waals surface area contributed by atoms with Crippen LogP contribution >= 0.6 is 46.7 Å². The summed E-state index contributed by atoms with van der Waals surface area (Å²) in [6.45, 7) is 6.00. The Morgan fingerprint density at radius 3 is 1.75 bits per heavy atom. The Hall–Kier alpha value is -0.740. The number of aryl methyl sites for hydroxylation is 2. The number of thiazole rings is 2. The molecule has 0 saturated heterocycles. The molecule has 134 valence electrons. The maximum Gasteiger partial charge on any atom is 0.191 e. The summed E-state index contributed by atoms with van der Waals surface area (Å²) in [7, 11) is 1.80. The van der Waals surface area contributed by atoms with Gasteiger partial charge in [0.2, 0.25) is 0 Å². The Kier molecular flexibility index (Phi) is 10.4. The molecule has 0 bridgehead atoms. The van der Waals surface area contributed by atoms with Crippen LogP contribution in [-0.2, 0) is 25.7 Å². The number of aromatic nitrogens is 2. The molecule has 0 radical (unpaired) electrons. The van der Waals surface area contributed by atoms with Crippen molar-refractivity contribution in [1.82, 2.24) is 20.6 Å². The molecule has 0 fully saturated rings. The summed E-state index contributed by atoms with van der Waals surface area (Å²) < 4.78 is 0. The van der Waals surface area contributed by atoms with Gasteiger partial charge in [0.25, 0.3) is 0 Å². The second kappa shape index (κ2) is 11.8. The number of nitrogens with one attached hydrogen (secondary N) is 2. The van der Waals surface area contributed by atoms with Crippen molar-refractivity contribution >= 4 is 52.6 Å². The van der Waals surface area contributed by atoms with Gasteiger partial charge in [0.05, 0.1) is 10.0 Å². The van der Waals surface area contributed by atoms with Gasteiger partial charge in [-0.1, -0.05) is 13.8 Å². The second-order valence-electron chi connectivity index (χ2n) is 5.07. The first kappa shape index (κ1) is 21.3. The maximum absolute atomic E-state index is 4.43. The third-order valence-corrected chi connectivity index (χ3v) is 5.79. The maximum atomic E-state index is 4.43. The molecule has 2 aromatic heterocycles. The van der Waals surface area contributed by atoms with E-state index in [1.165, 1.54) is 19.8 Å². The zero-order valence-corrected chi connectivity index (χ0v) is 18.4. The third kappa shape index (κ3) is 7.02. The topological polar surface area (TPSA) is 62.2 Å². The van der Waals surface area contributed by atoms with Crippen LogP contribution in [0, 0.1) is 0 Å². The number of rotatable bonds is 8. The fourth-order valence-corrected chi connectivity index (χ4v) is 3.77. The zero-order valence-electron chi connectivity index (χ0n) is 14.5. The van der Waals surface area contributed by atoms with Crippen molar-refractivity contribution in [2.75, 3.05) is 20.1 Å². The average molecular weight is 479 g/mol. The van der Waals surface area contributed by atoms with Crippen molar-refractivity contribution in [1.29, 1.82) is 0 Å². The van der Waals surface area contributed by atoms with E-state index in [1.54, 1.807) is 29.7 Å². The number of aliphatic imine (C=N–C) groups is 1. The first-order chi connectivity index (χ1) is 11.2. The summed E-state index contributed by atoms with van der Waals surface area (Å²) in [5.74, 6) is 0.838. The van der Waals surface area contributed by atoms with E-state index in [4.69, 9.17) is 0 Å². The normalized spacial score (nSPS) is 10.1. The first-order valence-corrected chi connectivity index (χ1v) is 9.70. The smallest absolute Gasteiger partial charge is 0.191 e. The zero-order chi connectivity index (χ0) is 16.5. The number of guanidine groups is 1. The molecule has 2 rings (SSSR count). The standard InChI is InChI=1S/C16H25N5S2.HI/c1-4-12-10-20-14(22-12)6-8-18-16(17-3)19-9-7-15-21-11-13(5-2)23-15;/h10-11H,4-9H2,1-3H3,(H2,17,18,19);1H. The highest BCUT2D eigenvalue weighted by Crippen LogP contribution is 2.14. The lowest BCUT2D eigenvalue weighted by molar-refractivity contribution is 0.780. The minimum absolute atomic E-state index is 0. The number of nitrogens with zero attached hydrogens (tertiary/aromatic N) is 3. The molecule has 2 aromatic rings. The molecule has 0 aliphatic carbocycles. The molecule has 5 nitrogen and oxygen atoms in total. The van der Waals surface area contributed by atoms with E-state index in [-0.39, 0.29) is 24.0 Å². The summed E-state index contributed by atoms with van der Waals surface area (Å²) >= 11 is 3.59. The summed E-state index contributed by atoms with van der Waals surface area (Å²) in [4.78, 5) is 15.8. The van der Waals surface area contributed by atoms with Crippen molar-refractivity contribution < 1.29 is 0 Å². The predicted octanol–water partition coefficient (Wildman–Crippen LogP) is 3.29. The van der Waals surface area contributed by atoms with Crippen LogP contribution in [0.2, 0.25) is 0 Å². The van der Waals surface area contributed by atoms with Crippen LogP contribution in [-0.4, -0.2) is 36.1 Å². The van der Waals surface area contributed by atoms with Crippen molar-refractivity contribution in [3.05, 3.63) is 32.2 Å². The van der Waals surface area contributed by atoms with E-state index in [0.717, 1.165) is 44.7 Å². The largest absolute Gasteiger partial charge is 0.356 e. The Balaban J connectivity index is 0.00000288. The minimum atomic E-state index is 0. The number of hydrogen-bond donors (Lipinski definition) is 2. The second-order valence-corrected chi connectivity index (χ2v) is 7.47. The summed E-state index contributed by atoms with van der Waals surface area (Å²) in [6, 6.07) is 0. The van der Waals surface area contributed by atoms with Gasteiger partial charge in [0.15, 0.2) is 5.96 Å². The van der Waals surface area contributed by atoms with Crippen LogP contribution in [0.25, 0.3) is 0 Å². The molecule has 24 heavy (non-hydrogen) atoms. The van der Waals surface area contributed by atoms with Crippen LogP contribution in [0.15, 0.2) is 17.4 Å². The summed E-state index contributed by atoms with van der Waals surface area (Å²) in [6.07, 6.45) is 7.93. The highest BCUT2D eigenvalue weighted by atomic mass is 127. The molecule has 0 aromatic carbocycles. The van der Waals surface area contributed by atoms with Crippen LogP contribution in [0.1, 0.15) is 33.6 Å². The Morgan fingerprint density at radius 2 is 1.42 bits per heavy atom. The van der Waals surface area contributed by atoms with Crippen LogP contribution in [0.4, 0.5) is 0 Å². The molecule has 2 N–H and O–H groups in total. The molecule has 0 spiro atoms. The Bertz CT molecular complexity index is 573. The lowest BCUT2D eigenvalue weighted by Gasteiger charge is -2.10.